The van der Waals surface area contributed by atoms with Crippen molar-refractivity contribution < 1.29 is 19.1 Å². The number of ether oxygens (including phenoxy) is 1. The number of imide groups is 1. The van der Waals surface area contributed by atoms with E-state index in [4.69, 9.17) is 4.74 Å². The predicted octanol–water partition coefficient (Wildman–Crippen LogP) is 3.30. The molecule has 0 radical (unpaired) electrons. The zero-order valence-electron chi connectivity index (χ0n) is 17.6. The normalized spacial score (nSPS) is 34.6. The van der Waals surface area contributed by atoms with Crippen molar-refractivity contribution >= 4 is 23.5 Å². The first kappa shape index (κ1) is 19.7. The lowest BCUT2D eigenvalue weighted by atomic mass is 9.49. The Balaban J connectivity index is 1.24. The van der Waals surface area contributed by atoms with Crippen LogP contribution in [0.1, 0.15) is 62.2 Å². The van der Waals surface area contributed by atoms with Gasteiger partial charge in [0.2, 0.25) is 5.91 Å². The van der Waals surface area contributed by atoms with Crippen molar-refractivity contribution in [2.75, 3.05) is 18.1 Å². The molecule has 0 aromatic heterocycles. The number of carbonyl (C=O) groups is 3. The van der Waals surface area contributed by atoms with Gasteiger partial charge in [-0.3, -0.25) is 9.59 Å². The fourth-order valence-corrected chi connectivity index (χ4v) is 6.87. The van der Waals surface area contributed by atoms with Crippen LogP contribution in [0.4, 0.5) is 5.69 Å². The average Bonchev–Trinajstić information content (AvgIpc) is 2.99. The second-order valence-electron chi connectivity index (χ2n) is 9.89. The van der Waals surface area contributed by atoms with Crippen LogP contribution in [0, 0.1) is 23.2 Å². The summed E-state index contributed by atoms with van der Waals surface area (Å²) in [5, 5.41) is 3.48. The summed E-state index contributed by atoms with van der Waals surface area (Å²) in [6.45, 7) is 2.90. The Kier molecular flexibility index (Phi) is 4.92. The van der Waals surface area contributed by atoms with Gasteiger partial charge in [-0.1, -0.05) is 0 Å². The van der Waals surface area contributed by atoms with E-state index in [2.05, 4.69) is 5.32 Å². The van der Waals surface area contributed by atoms with E-state index in [1.807, 2.05) is 0 Å². The number of hydrogen-bond donors (Lipinski definition) is 1. The Morgan fingerprint density at radius 1 is 1.07 bits per heavy atom. The molecule has 1 N–H and O–H groups in total. The van der Waals surface area contributed by atoms with Gasteiger partial charge >= 0.3 is 5.97 Å². The highest BCUT2D eigenvalue weighted by Gasteiger charge is 2.51. The maximum Gasteiger partial charge on any atom is 0.338 e. The van der Waals surface area contributed by atoms with Gasteiger partial charge in [0.15, 0.2) is 0 Å². The van der Waals surface area contributed by atoms with Gasteiger partial charge < -0.3 is 10.1 Å². The zero-order chi connectivity index (χ0) is 20.9. The highest BCUT2D eigenvalue weighted by Crippen LogP contribution is 2.59. The van der Waals surface area contributed by atoms with E-state index >= 15 is 0 Å². The van der Waals surface area contributed by atoms with E-state index in [0.717, 1.165) is 24.3 Å². The van der Waals surface area contributed by atoms with Crippen LogP contribution in [-0.2, 0) is 14.3 Å². The van der Waals surface area contributed by atoms with Gasteiger partial charge in [0, 0.05) is 6.54 Å². The van der Waals surface area contributed by atoms with E-state index in [9.17, 15) is 14.4 Å². The number of nitrogens with one attached hydrogen (secondary N) is 1. The van der Waals surface area contributed by atoms with E-state index in [-0.39, 0.29) is 18.2 Å². The molecule has 1 aromatic rings. The zero-order valence-corrected chi connectivity index (χ0v) is 17.6. The number of esters is 1. The quantitative estimate of drug-likeness (QED) is 0.575. The van der Waals surface area contributed by atoms with Crippen LogP contribution in [0.15, 0.2) is 24.3 Å². The summed E-state index contributed by atoms with van der Waals surface area (Å²) < 4.78 is 4.99. The van der Waals surface area contributed by atoms with Gasteiger partial charge in [0.25, 0.3) is 5.91 Å². The van der Waals surface area contributed by atoms with Gasteiger partial charge in [0.05, 0.1) is 30.3 Å². The van der Waals surface area contributed by atoms with E-state index < -0.39 is 12.0 Å². The molecule has 0 spiro atoms. The smallest absolute Gasteiger partial charge is 0.338 e. The predicted molar refractivity (Wildman–Crippen MR) is 112 cm³/mol. The molecule has 1 heterocycles. The lowest BCUT2D eigenvalue weighted by molar-refractivity contribution is -0.121. The molecule has 1 aliphatic heterocycles. The van der Waals surface area contributed by atoms with E-state index in [0.29, 0.717) is 23.3 Å². The summed E-state index contributed by atoms with van der Waals surface area (Å²) in [6.07, 6.45) is 8.23. The molecule has 1 saturated heterocycles. The summed E-state index contributed by atoms with van der Waals surface area (Å²) in [6, 6.07) is 6.04. The van der Waals surface area contributed by atoms with Crippen LogP contribution in [0.25, 0.3) is 0 Å². The molecule has 4 aliphatic carbocycles. The summed E-state index contributed by atoms with van der Waals surface area (Å²) in [5.41, 5.74) is 1.25. The summed E-state index contributed by atoms with van der Waals surface area (Å²) in [4.78, 5) is 38.7. The Hall–Kier alpha value is -2.21. The molecular weight excluding hydrogens is 380 g/mol. The molecule has 30 heavy (non-hydrogen) atoms. The second-order valence-corrected chi connectivity index (χ2v) is 9.89. The summed E-state index contributed by atoms with van der Waals surface area (Å²) in [5.74, 6) is 1.83. The topological polar surface area (TPSA) is 75.7 Å². The maximum absolute atomic E-state index is 13.0. The molecule has 4 bridgehead atoms. The molecule has 1 aromatic carbocycles. The molecule has 2 amide bonds. The minimum atomic E-state index is -0.449. The van der Waals surface area contributed by atoms with Crippen LogP contribution in [0.2, 0.25) is 0 Å². The third-order valence-electron chi connectivity index (χ3n) is 7.67. The number of benzene rings is 1. The van der Waals surface area contributed by atoms with Crippen molar-refractivity contribution in [3.8, 4) is 0 Å². The van der Waals surface area contributed by atoms with Gasteiger partial charge in [-0.2, -0.15) is 0 Å². The molecule has 160 valence electrons. The van der Waals surface area contributed by atoms with Gasteiger partial charge in [-0.25, -0.2) is 9.69 Å². The lowest BCUT2D eigenvalue weighted by Crippen LogP contribution is -2.52. The Bertz CT molecular complexity index is 827. The molecule has 5 fully saturated rings. The number of amides is 2. The molecular formula is C24H30N2O4. The lowest BCUT2D eigenvalue weighted by Gasteiger charge is -2.57. The van der Waals surface area contributed by atoms with E-state index in [1.54, 1.807) is 31.2 Å². The molecule has 6 nitrogen and oxygen atoms in total. The van der Waals surface area contributed by atoms with Crippen LogP contribution >= 0.6 is 0 Å². The van der Waals surface area contributed by atoms with Crippen LogP contribution in [-0.4, -0.2) is 37.0 Å². The first-order valence-electron chi connectivity index (χ1n) is 11.3. The fourth-order valence-electron chi connectivity index (χ4n) is 6.87. The standard InChI is InChI=1S/C24H30N2O4/c1-2-30-23(29)18-3-5-19(6-4-18)26-21(27)10-20(22(26)28)25-14-24-11-15-7-16(12-24)9-17(8-15)13-24/h3-6,15-17,20,25H,2,7-14H2,1H3/t15?,16?,17?,20-,24?/m1/s1. The van der Waals surface area contributed by atoms with Crippen molar-refractivity contribution in [3.05, 3.63) is 29.8 Å². The summed E-state index contributed by atoms with van der Waals surface area (Å²) >= 11 is 0. The third kappa shape index (κ3) is 3.45. The first-order valence-corrected chi connectivity index (χ1v) is 11.3. The highest BCUT2D eigenvalue weighted by molar-refractivity contribution is 6.22. The monoisotopic (exact) mass is 410 g/mol. The summed E-state index contributed by atoms with van der Waals surface area (Å²) in [7, 11) is 0. The van der Waals surface area contributed by atoms with Gasteiger partial charge in [0.1, 0.15) is 0 Å². The van der Waals surface area contributed by atoms with Crippen molar-refractivity contribution in [3.63, 3.8) is 0 Å². The highest BCUT2D eigenvalue weighted by atomic mass is 16.5. The minimum absolute atomic E-state index is 0.186. The SMILES string of the molecule is CCOC(=O)c1ccc(N2C(=O)C[C@@H](NCC34CC5CC(CC(C5)C3)C4)C2=O)cc1. The molecule has 5 aliphatic rings. The fraction of sp³-hybridized carbons (Fsp3) is 0.625. The van der Waals surface area contributed by atoms with Gasteiger partial charge in [-0.05, 0) is 92.9 Å². The van der Waals surface area contributed by atoms with Gasteiger partial charge in [-0.15, -0.1) is 0 Å². The second kappa shape index (κ2) is 7.49. The van der Waals surface area contributed by atoms with Crippen molar-refractivity contribution in [1.29, 1.82) is 0 Å². The molecule has 1 atom stereocenters. The number of carbonyl (C=O) groups excluding carboxylic acids is 3. The number of nitrogens with zero attached hydrogens (tertiary/aromatic N) is 1. The van der Waals surface area contributed by atoms with Crippen molar-refractivity contribution in [1.82, 2.24) is 5.32 Å². The largest absolute Gasteiger partial charge is 0.462 e. The minimum Gasteiger partial charge on any atom is -0.462 e. The Morgan fingerprint density at radius 3 is 2.23 bits per heavy atom. The molecule has 6 heteroatoms. The van der Waals surface area contributed by atoms with Crippen LogP contribution < -0.4 is 10.2 Å². The van der Waals surface area contributed by atoms with Crippen LogP contribution in [0.3, 0.4) is 0 Å². The third-order valence-corrected chi connectivity index (χ3v) is 7.67. The average molecular weight is 411 g/mol. The van der Waals surface area contributed by atoms with Crippen LogP contribution in [0.5, 0.6) is 0 Å². The Labute approximate surface area is 177 Å². The van der Waals surface area contributed by atoms with Crippen molar-refractivity contribution in [2.24, 2.45) is 23.2 Å². The molecule has 6 rings (SSSR count). The molecule has 4 saturated carbocycles. The Morgan fingerprint density at radius 2 is 1.67 bits per heavy atom. The first-order chi connectivity index (χ1) is 14.5. The van der Waals surface area contributed by atoms with Crippen molar-refractivity contribution in [2.45, 2.75) is 57.9 Å². The van der Waals surface area contributed by atoms with E-state index in [1.165, 1.54) is 43.4 Å². The number of rotatable bonds is 6. The number of anilines is 1. The molecule has 0 unspecified atom stereocenters. The number of hydrogen-bond acceptors (Lipinski definition) is 5. The maximum atomic E-state index is 13.0.